The van der Waals surface area contributed by atoms with E-state index in [0.29, 0.717) is 23.9 Å². The fourth-order valence-corrected chi connectivity index (χ4v) is 10.8. The van der Waals surface area contributed by atoms with Gasteiger partial charge in [0.2, 0.25) is 0 Å². The first-order chi connectivity index (χ1) is 13.1. The van der Waals surface area contributed by atoms with E-state index in [9.17, 15) is 4.79 Å². The van der Waals surface area contributed by atoms with E-state index in [0.717, 1.165) is 53.3 Å². The lowest BCUT2D eigenvalue weighted by atomic mass is 9.55. The molecule has 8 rings (SSSR count). The molecule has 0 radical (unpaired) electrons. The smallest absolute Gasteiger partial charge is 0.309 e. The Morgan fingerprint density at radius 3 is 1.96 bits per heavy atom. The molecule has 8 bridgehead atoms. The van der Waals surface area contributed by atoms with Crippen LogP contribution in [0.3, 0.4) is 0 Å². The Bertz CT molecular complexity index is 641. The van der Waals surface area contributed by atoms with Gasteiger partial charge in [-0.1, -0.05) is 13.8 Å². The van der Waals surface area contributed by atoms with Gasteiger partial charge in [-0.05, 0) is 122 Å². The zero-order chi connectivity index (χ0) is 18.0. The normalized spacial score (nSPS) is 64.4. The second kappa shape index (κ2) is 5.33. The Morgan fingerprint density at radius 1 is 0.667 bits per heavy atom. The zero-order valence-electron chi connectivity index (χ0n) is 17.1. The maximum Gasteiger partial charge on any atom is 0.309 e. The first-order valence-electron chi connectivity index (χ1n) is 12.3. The SMILES string of the molecule is CC1C(C)C2CC1C1C3CC(C(=O)OC4C5CC6CC(C5)CC4C6)C(C3)C21. The molecule has 0 amide bonds. The summed E-state index contributed by atoms with van der Waals surface area (Å²) in [6.45, 7) is 5.01. The molecule has 8 aliphatic carbocycles. The summed E-state index contributed by atoms with van der Waals surface area (Å²) < 4.78 is 6.40. The van der Waals surface area contributed by atoms with E-state index in [1.807, 2.05) is 0 Å². The molecule has 0 saturated heterocycles. The summed E-state index contributed by atoms with van der Waals surface area (Å²) in [4.78, 5) is 13.3. The van der Waals surface area contributed by atoms with Gasteiger partial charge in [-0.2, -0.15) is 0 Å². The lowest BCUT2D eigenvalue weighted by Crippen LogP contribution is -2.51. The Morgan fingerprint density at radius 2 is 1.30 bits per heavy atom. The number of carbonyl (C=O) groups is 1. The lowest BCUT2D eigenvalue weighted by molar-refractivity contribution is -0.178. The summed E-state index contributed by atoms with van der Waals surface area (Å²) in [5.41, 5.74) is 0. The minimum Gasteiger partial charge on any atom is -0.462 e. The molecule has 2 nitrogen and oxygen atoms in total. The van der Waals surface area contributed by atoms with Gasteiger partial charge in [0, 0.05) is 0 Å². The second-order valence-electron chi connectivity index (χ2n) is 12.3. The number of fused-ring (bicyclic) bond motifs is 9. The van der Waals surface area contributed by atoms with E-state index in [1.165, 1.54) is 51.4 Å². The predicted octanol–water partition coefficient (Wildman–Crippen LogP) is 5.16. The van der Waals surface area contributed by atoms with Crippen molar-refractivity contribution in [2.24, 2.45) is 76.9 Å². The molecule has 0 spiro atoms. The summed E-state index contributed by atoms with van der Waals surface area (Å²) in [7, 11) is 0. The van der Waals surface area contributed by atoms with Gasteiger partial charge in [0.25, 0.3) is 0 Å². The van der Waals surface area contributed by atoms with Crippen LogP contribution in [0.15, 0.2) is 0 Å². The number of ether oxygens (including phenoxy) is 1. The summed E-state index contributed by atoms with van der Waals surface area (Å²) in [5.74, 6) is 10.9. The second-order valence-corrected chi connectivity index (χ2v) is 12.3. The average molecular weight is 369 g/mol. The van der Waals surface area contributed by atoms with Crippen LogP contribution >= 0.6 is 0 Å². The first-order valence-corrected chi connectivity index (χ1v) is 12.3. The molecule has 9 atom stereocenters. The van der Waals surface area contributed by atoms with Gasteiger partial charge in [0.15, 0.2) is 0 Å². The van der Waals surface area contributed by atoms with Crippen molar-refractivity contribution in [3.63, 3.8) is 0 Å². The molecule has 0 aromatic heterocycles. The van der Waals surface area contributed by atoms with Crippen LogP contribution in [0.1, 0.15) is 65.2 Å². The molecule has 8 saturated carbocycles. The standard InChI is InChI=1S/C25H36O2/c1-11-12(2)19-10-18(11)22-15-8-20(23(19)22)21(9-15)25(26)27-24-16-4-13-3-14(6-16)7-17(24)5-13/h11-24H,3-10H2,1-2H3. The fraction of sp³-hybridized carbons (Fsp3) is 0.960. The summed E-state index contributed by atoms with van der Waals surface area (Å²) in [6, 6.07) is 0. The van der Waals surface area contributed by atoms with Crippen molar-refractivity contribution in [3.05, 3.63) is 0 Å². The molecule has 9 unspecified atom stereocenters. The molecule has 0 heterocycles. The van der Waals surface area contributed by atoms with E-state index in [2.05, 4.69) is 13.8 Å². The Hall–Kier alpha value is -0.530. The summed E-state index contributed by atoms with van der Waals surface area (Å²) in [5, 5.41) is 0. The number of hydrogen-bond acceptors (Lipinski definition) is 2. The molecule has 27 heavy (non-hydrogen) atoms. The minimum absolute atomic E-state index is 0.238. The Balaban J connectivity index is 1.09. The molecular weight excluding hydrogens is 332 g/mol. The number of rotatable bonds is 2. The lowest BCUT2D eigenvalue weighted by Gasteiger charge is -2.53. The van der Waals surface area contributed by atoms with Gasteiger partial charge >= 0.3 is 5.97 Å². The van der Waals surface area contributed by atoms with Gasteiger partial charge in [-0.15, -0.1) is 0 Å². The van der Waals surface area contributed by atoms with Gasteiger partial charge in [-0.3, -0.25) is 4.79 Å². The highest BCUT2D eigenvalue weighted by atomic mass is 16.5. The number of carbonyl (C=O) groups excluding carboxylic acids is 1. The monoisotopic (exact) mass is 368 g/mol. The van der Waals surface area contributed by atoms with Crippen LogP contribution in [0.25, 0.3) is 0 Å². The number of esters is 1. The molecule has 0 aromatic carbocycles. The van der Waals surface area contributed by atoms with E-state index in [1.54, 1.807) is 0 Å². The molecule has 0 aromatic rings. The third-order valence-corrected chi connectivity index (χ3v) is 11.5. The van der Waals surface area contributed by atoms with Crippen molar-refractivity contribution >= 4 is 5.97 Å². The highest BCUT2D eigenvalue weighted by Crippen LogP contribution is 2.71. The van der Waals surface area contributed by atoms with Gasteiger partial charge in [-0.25, -0.2) is 0 Å². The minimum atomic E-state index is 0.238. The quantitative estimate of drug-likeness (QED) is 0.497. The van der Waals surface area contributed by atoms with Crippen LogP contribution < -0.4 is 0 Å². The summed E-state index contributed by atoms with van der Waals surface area (Å²) >= 11 is 0. The fourth-order valence-electron chi connectivity index (χ4n) is 10.8. The highest BCUT2D eigenvalue weighted by Gasteiger charge is 2.67. The molecule has 148 valence electrons. The Kier molecular flexibility index (Phi) is 3.22. The van der Waals surface area contributed by atoms with Crippen molar-refractivity contribution in [1.82, 2.24) is 0 Å². The van der Waals surface area contributed by atoms with E-state index in [-0.39, 0.29) is 11.9 Å². The van der Waals surface area contributed by atoms with Crippen LogP contribution in [-0.4, -0.2) is 12.1 Å². The van der Waals surface area contributed by atoms with Crippen LogP contribution in [0.4, 0.5) is 0 Å². The van der Waals surface area contributed by atoms with E-state index >= 15 is 0 Å². The maximum absolute atomic E-state index is 13.3. The van der Waals surface area contributed by atoms with Crippen LogP contribution in [-0.2, 0) is 9.53 Å². The zero-order valence-corrected chi connectivity index (χ0v) is 17.1. The molecule has 8 fully saturated rings. The molecule has 0 N–H and O–H groups in total. The van der Waals surface area contributed by atoms with Crippen molar-refractivity contribution < 1.29 is 9.53 Å². The maximum atomic E-state index is 13.3. The Labute approximate surface area is 164 Å². The van der Waals surface area contributed by atoms with E-state index in [4.69, 9.17) is 4.74 Å². The van der Waals surface area contributed by atoms with Crippen molar-refractivity contribution in [3.8, 4) is 0 Å². The molecular formula is C25H36O2. The van der Waals surface area contributed by atoms with Crippen LogP contribution in [0.2, 0.25) is 0 Å². The molecule has 8 aliphatic rings. The van der Waals surface area contributed by atoms with Crippen LogP contribution in [0.5, 0.6) is 0 Å². The van der Waals surface area contributed by atoms with Gasteiger partial charge in [0.1, 0.15) is 6.10 Å². The van der Waals surface area contributed by atoms with Crippen molar-refractivity contribution in [2.45, 2.75) is 71.3 Å². The van der Waals surface area contributed by atoms with Gasteiger partial charge in [0.05, 0.1) is 5.92 Å². The van der Waals surface area contributed by atoms with Crippen molar-refractivity contribution in [2.75, 3.05) is 0 Å². The highest BCUT2D eigenvalue weighted by molar-refractivity contribution is 5.74. The predicted molar refractivity (Wildman–Crippen MR) is 104 cm³/mol. The third-order valence-electron chi connectivity index (χ3n) is 11.5. The average Bonchev–Trinajstić information content (AvgIpc) is 3.37. The molecule has 0 aliphatic heterocycles. The molecule has 2 heteroatoms. The third kappa shape index (κ3) is 2.01. The van der Waals surface area contributed by atoms with Gasteiger partial charge < -0.3 is 4.74 Å². The summed E-state index contributed by atoms with van der Waals surface area (Å²) in [6.07, 6.45) is 11.2. The topological polar surface area (TPSA) is 26.3 Å². The van der Waals surface area contributed by atoms with E-state index < -0.39 is 0 Å². The largest absolute Gasteiger partial charge is 0.462 e. The van der Waals surface area contributed by atoms with Crippen LogP contribution in [0, 0.1) is 76.9 Å². The first kappa shape index (κ1) is 16.3. The number of hydrogen-bond donors (Lipinski definition) is 0. The van der Waals surface area contributed by atoms with Crippen molar-refractivity contribution in [1.29, 1.82) is 0 Å².